The Balaban J connectivity index is 1.51. The van der Waals surface area contributed by atoms with Gasteiger partial charge >= 0.3 is 0 Å². The van der Waals surface area contributed by atoms with E-state index in [1.54, 1.807) is 24.2 Å². The van der Waals surface area contributed by atoms with Gasteiger partial charge < -0.3 is 9.15 Å². The van der Waals surface area contributed by atoms with Gasteiger partial charge in [0, 0.05) is 13.0 Å². The lowest BCUT2D eigenvalue weighted by Gasteiger charge is -2.07. The zero-order chi connectivity index (χ0) is 15.4. The van der Waals surface area contributed by atoms with E-state index >= 15 is 0 Å². The number of hydrogen-bond donors (Lipinski definition) is 1. The van der Waals surface area contributed by atoms with E-state index in [0.717, 1.165) is 29.2 Å². The van der Waals surface area contributed by atoms with Crippen molar-refractivity contribution in [3.8, 4) is 0 Å². The lowest BCUT2D eigenvalue weighted by Crippen LogP contribution is -2.26. The van der Waals surface area contributed by atoms with Gasteiger partial charge in [-0.05, 0) is 12.8 Å². The van der Waals surface area contributed by atoms with E-state index in [2.05, 4.69) is 15.3 Å². The fourth-order valence-electron chi connectivity index (χ4n) is 2.07. The standard InChI is InChI=1S/C14H17N3O3S2/c1-2-9-6-15-11(20-9)8-21-12-7-16-14(22-12)17-13(18)10-4-3-5-19-10/h6-7,10H,2-5,8H2,1H3,(H,16,17,18). The molecule has 0 spiro atoms. The molecule has 2 aromatic heterocycles. The van der Waals surface area contributed by atoms with E-state index in [1.165, 1.54) is 11.3 Å². The van der Waals surface area contributed by atoms with E-state index in [4.69, 9.17) is 9.15 Å². The van der Waals surface area contributed by atoms with Gasteiger partial charge in [0.05, 0.1) is 22.4 Å². The lowest BCUT2D eigenvalue weighted by atomic mass is 10.2. The van der Waals surface area contributed by atoms with Crippen molar-refractivity contribution in [2.24, 2.45) is 0 Å². The number of carbonyl (C=O) groups excluding carboxylic acids is 1. The fraction of sp³-hybridized carbons (Fsp3) is 0.500. The number of aryl methyl sites for hydroxylation is 1. The molecule has 22 heavy (non-hydrogen) atoms. The molecule has 2 aromatic rings. The molecule has 118 valence electrons. The predicted molar refractivity (Wildman–Crippen MR) is 85.2 cm³/mol. The lowest BCUT2D eigenvalue weighted by molar-refractivity contribution is -0.124. The molecule has 1 saturated heterocycles. The van der Waals surface area contributed by atoms with E-state index < -0.39 is 0 Å². The zero-order valence-corrected chi connectivity index (χ0v) is 13.8. The topological polar surface area (TPSA) is 77.2 Å². The molecule has 1 unspecified atom stereocenters. The first kappa shape index (κ1) is 15.5. The second kappa shape index (κ2) is 7.26. The van der Waals surface area contributed by atoms with Gasteiger partial charge in [-0.25, -0.2) is 9.97 Å². The van der Waals surface area contributed by atoms with Gasteiger partial charge in [-0.2, -0.15) is 0 Å². The molecule has 8 heteroatoms. The SMILES string of the molecule is CCc1cnc(CSc2cnc(NC(=O)C3CCCO3)s2)o1. The molecule has 1 aliphatic rings. The summed E-state index contributed by atoms with van der Waals surface area (Å²) in [4.78, 5) is 20.4. The summed E-state index contributed by atoms with van der Waals surface area (Å²) in [6, 6.07) is 0. The minimum Gasteiger partial charge on any atom is -0.445 e. The Bertz CT molecular complexity index is 635. The Morgan fingerprint density at radius 1 is 1.50 bits per heavy atom. The Morgan fingerprint density at radius 2 is 2.41 bits per heavy atom. The number of oxazole rings is 1. The summed E-state index contributed by atoms with van der Waals surface area (Å²) < 4.78 is 11.9. The molecule has 3 rings (SSSR count). The van der Waals surface area contributed by atoms with E-state index in [-0.39, 0.29) is 12.0 Å². The highest BCUT2D eigenvalue weighted by atomic mass is 32.2. The second-order valence-corrected chi connectivity index (χ2v) is 7.14. The molecule has 3 heterocycles. The molecular formula is C14H17N3O3S2. The van der Waals surface area contributed by atoms with Gasteiger partial charge in [0.2, 0.25) is 5.89 Å². The number of thiazole rings is 1. The molecule has 0 saturated carbocycles. The van der Waals surface area contributed by atoms with Crippen LogP contribution >= 0.6 is 23.1 Å². The zero-order valence-electron chi connectivity index (χ0n) is 12.2. The van der Waals surface area contributed by atoms with Gasteiger partial charge in [-0.1, -0.05) is 18.3 Å². The van der Waals surface area contributed by atoms with Gasteiger partial charge in [-0.15, -0.1) is 11.8 Å². The highest BCUT2D eigenvalue weighted by Gasteiger charge is 2.24. The van der Waals surface area contributed by atoms with Crippen LogP contribution in [0.4, 0.5) is 5.13 Å². The third-order valence-electron chi connectivity index (χ3n) is 3.22. The second-order valence-electron chi connectivity index (χ2n) is 4.84. The average molecular weight is 339 g/mol. The Morgan fingerprint density at radius 3 is 3.14 bits per heavy atom. The van der Waals surface area contributed by atoms with Crippen LogP contribution in [0, 0.1) is 0 Å². The largest absolute Gasteiger partial charge is 0.445 e. The number of amides is 1. The van der Waals surface area contributed by atoms with E-state index in [0.29, 0.717) is 23.4 Å². The number of thioether (sulfide) groups is 1. The van der Waals surface area contributed by atoms with Crippen molar-refractivity contribution in [1.29, 1.82) is 0 Å². The predicted octanol–water partition coefficient (Wildman–Crippen LogP) is 3.10. The van der Waals surface area contributed by atoms with Gasteiger partial charge in [0.1, 0.15) is 11.9 Å². The molecule has 0 aromatic carbocycles. The molecule has 1 N–H and O–H groups in total. The van der Waals surface area contributed by atoms with Gasteiger partial charge in [0.25, 0.3) is 5.91 Å². The van der Waals surface area contributed by atoms with Crippen molar-refractivity contribution in [2.45, 2.75) is 42.3 Å². The van der Waals surface area contributed by atoms with Crippen LogP contribution in [0.2, 0.25) is 0 Å². The van der Waals surface area contributed by atoms with Crippen LogP contribution < -0.4 is 5.32 Å². The maximum atomic E-state index is 11.9. The summed E-state index contributed by atoms with van der Waals surface area (Å²) in [6.07, 6.45) is 5.74. The van der Waals surface area contributed by atoms with Crippen LogP contribution in [0.15, 0.2) is 21.0 Å². The molecule has 0 radical (unpaired) electrons. The van der Waals surface area contributed by atoms with Crippen LogP contribution in [0.5, 0.6) is 0 Å². The summed E-state index contributed by atoms with van der Waals surface area (Å²) in [5, 5.41) is 3.41. The molecular weight excluding hydrogens is 322 g/mol. The number of hydrogen-bond acceptors (Lipinski definition) is 7. The highest BCUT2D eigenvalue weighted by molar-refractivity contribution is 8.00. The van der Waals surface area contributed by atoms with Crippen LogP contribution in [0.3, 0.4) is 0 Å². The van der Waals surface area contributed by atoms with E-state index in [9.17, 15) is 4.79 Å². The number of nitrogens with one attached hydrogen (secondary N) is 1. The van der Waals surface area contributed by atoms with E-state index in [1.807, 2.05) is 6.92 Å². The molecule has 1 atom stereocenters. The third-order valence-corrected chi connectivity index (χ3v) is 5.32. The molecule has 0 bridgehead atoms. The van der Waals surface area contributed by atoms with Gasteiger partial charge in [-0.3, -0.25) is 10.1 Å². The number of aromatic nitrogens is 2. The number of rotatable bonds is 6. The first-order valence-corrected chi connectivity index (χ1v) is 8.99. The first-order chi connectivity index (χ1) is 10.7. The maximum Gasteiger partial charge on any atom is 0.255 e. The van der Waals surface area contributed by atoms with Crippen molar-refractivity contribution >= 4 is 34.1 Å². The van der Waals surface area contributed by atoms with Crippen LogP contribution in [0.25, 0.3) is 0 Å². The third kappa shape index (κ3) is 3.88. The minimum absolute atomic E-state index is 0.108. The summed E-state index contributed by atoms with van der Waals surface area (Å²) in [5.74, 6) is 2.15. The minimum atomic E-state index is -0.334. The van der Waals surface area contributed by atoms with Crippen LogP contribution in [-0.4, -0.2) is 28.6 Å². The van der Waals surface area contributed by atoms with Crippen LogP contribution in [0.1, 0.15) is 31.4 Å². The maximum absolute atomic E-state index is 11.9. The number of nitrogens with zero attached hydrogens (tertiary/aromatic N) is 2. The summed E-state index contributed by atoms with van der Waals surface area (Å²) >= 11 is 3.04. The van der Waals surface area contributed by atoms with Crippen molar-refractivity contribution < 1.29 is 13.9 Å². The Labute approximate surface area is 136 Å². The van der Waals surface area contributed by atoms with Crippen LogP contribution in [-0.2, 0) is 21.7 Å². The van der Waals surface area contributed by atoms with Crippen molar-refractivity contribution in [3.05, 3.63) is 24.0 Å². The molecule has 6 nitrogen and oxygen atoms in total. The molecule has 1 aliphatic heterocycles. The average Bonchev–Trinajstić information content (AvgIpc) is 3.26. The summed E-state index contributed by atoms with van der Waals surface area (Å²) in [7, 11) is 0. The van der Waals surface area contributed by atoms with Crippen molar-refractivity contribution in [1.82, 2.24) is 9.97 Å². The quantitative estimate of drug-likeness (QED) is 0.815. The Hall–Kier alpha value is -1.38. The normalized spacial score (nSPS) is 17.8. The monoisotopic (exact) mass is 339 g/mol. The van der Waals surface area contributed by atoms with Crippen molar-refractivity contribution in [2.75, 3.05) is 11.9 Å². The summed E-state index contributed by atoms with van der Waals surface area (Å²) in [6.45, 7) is 2.69. The first-order valence-electron chi connectivity index (χ1n) is 7.19. The Kier molecular flexibility index (Phi) is 5.12. The molecule has 1 amide bonds. The number of ether oxygens (including phenoxy) is 1. The highest BCUT2D eigenvalue weighted by Crippen LogP contribution is 2.31. The molecule has 1 fully saturated rings. The summed E-state index contributed by atoms with van der Waals surface area (Å²) in [5.41, 5.74) is 0. The van der Waals surface area contributed by atoms with Crippen molar-refractivity contribution in [3.63, 3.8) is 0 Å². The fourth-order valence-corrected chi connectivity index (χ4v) is 3.79. The van der Waals surface area contributed by atoms with Gasteiger partial charge in [0.15, 0.2) is 5.13 Å². The number of anilines is 1. The molecule has 0 aliphatic carbocycles. The smallest absolute Gasteiger partial charge is 0.255 e. The number of carbonyl (C=O) groups is 1.